The van der Waals surface area contributed by atoms with Crippen molar-refractivity contribution >= 4 is 27.8 Å². The number of hydrogen-bond donors (Lipinski definition) is 2. The summed E-state index contributed by atoms with van der Waals surface area (Å²) in [6.45, 7) is 1.99. The van der Waals surface area contributed by atoms with Gasteiger partial charge in [-0.15, -0.1) is 0 Å². The lowest BCUT2D eigenvalue weighted by atomic mass is 10.1. The summed E-state index contributed by atoms with van der Waals surface area (Å²) >= 11 is 0. The van der Waals surface area contributed by atoms with E-state index in [9.17, 15) is 4.39 Å². The number of pyridine rings is 3. The number of nitrogens with zero attached hydrogens (tertiary/aromatic N) is 6. The summed E-state index contributed by atoms with van der Waals surface area (Å²) in [5.41, 5.74) is 4.45. The predicted octanol–water partition coefficient (Wildman–Crippen LogP) is 4.09. The molecule has 9 heteroatoms. The van der Waals surface area contributed by atoms with E-state index in [1.54, 1.807) is 12.4 Å². The molecule has 154 valence electrons. The van der Waals surface area contributed by atoms with Gasteiger partial charge in [-0.2, -0.15) is 5.10 Å². The van der Waals surface area contributed by atoms with Gasteiger partial charge in [-0.3, -0.25) is 15.1 Å². The van der Waals surface area contributed by atoms with Crippen LogP contribution < -0.4 is 4.90 Å². The molecule has 2 N–H and O–H groups in total. The van der Waals surface area contributed by atoms with E-state index in [-0.39, 0.29) is 0 Å². The topological polar surface area (TPSA) is 99.3 Å². The second-order valence-electron chi connectivity index (χ2n) is 7.74. The monoisotopic (exact) mass is 414 g/mol. The number of H-pyrrole nitrogens is 2. The average molecular weight is 414 g/mol. The van der Waals surface area contributed by atoms with E-state index in [2.05, 4.69) is 35.0 Å². The highest BCUT2D eigenvalue weighted by molar-refractivity contribution is 5.96. The summed E-state index contributed by atoms with van der Waals surface area (Å²) in [6.07, 6.45) is 9.87. The molecule has 1 aliphatic heterocycles. The molecule has 31 heavy (non-hydrogen) atoms. The molecule has 0 unspecified atom stereocenters. The zero-order valence-electron chi connectivity index (χ0n) is 16.6. The zero-order valence-corrected chi connectivity index (χ0v) is 16.6. The van der Waals surface area contributed by atoms with Crippen LogP contribution in [-0.4, -0.2) is 48.2 Å². The highest BCUT2D eigenvalue weighted by atomic mass is 19.1. The quantitative estimate of drug-likeness (QED) is 0.461. The number of aromatic nitrogens is 7. The number of imidazole rings is 1. The normalized spacial score (nSPS) is 14.5. The van der Waals surface area contributed by atoms with Crippen molar-refractivity contribution in [3.8, 4) is 22.8 Å². The van der Waals surface area contributed by atoms with Gasteiger partial charge >= 0.3 is 0 Å². The number of halogens is 1. The van der Waals surface area contributed by atoms with Gasteiger partial charge in [-0.1, -0.05) is 0 Å². The largest absolute Gasteiger partial charge is 0.355 e. The highest BCUT2D eigenvalue weighted by Crippen LogP contribution is 2.31. The first kappa shape index (κ1) is 17.9. The Morgan fingerprint density at radius 1 is 0.968 bits per heavy atom. The van der Waals surface area contributed by atoms with Crippen molar-refractivity contribution < 1.29 is 4.39 Å². The molecule has 8 nitrogen and oxygen atoms in total. The van der Waals surface area contributed by atoms with Gasteiger partial charge in [0.2, 0.25) is 0 Å². The van der Waals surface area contributed by atoms with Crippen LogP contribution in [-0.2, 0) is 0 Å². The van der Waals surface area contributed by atoms with Gasteiger partial charge in [-0.05, 0) is 37.5 Å². The maximum atomic E-state index is 13.6. The fourth-order valence-corrected chi connectivity index (χ4v) is 4.18. The fourth-order valence-electron chi connectivity index (χ4n) is 4.18. The first-order chi connectivity index (χ1) is 15.3. The van der Waals surface area contributed by atoms with Crippen LogP contribution in [0.3, 0.4) is 0 Å². The number of rotatable bonds is 3. The molecule has 6 heterocycles. The van der Waals surface area contributed by atoms with E-state index in [1.807, 2.05) is 18.3 Å². The third-order valence-electron chi connectivity index (χ3n) is 5.71. The summed E-state index contributed by atoms with van der Waals surface area (Å²) in [4.78, 5) is 23.5. The summed E-state index contributed by atoms with van der Waals surface area (Å²) in [7, 11) is 0. The van der Waals surface area contributed by atoms with Gasteiger partial charge in [0.25, 0.3) is 0 Å². The van der Waals surface area contributed by atoms with Crippen LogP contribution in [0.5, 0.6) is 0 Å². The number of fused-ring (bicyclic) bond motifs is 2. The summed E-state index contributed by atoms with van der Waals surface area (Å²) < 4.78 is 13.6. The van der Waals surface area contributed by atoms with Crippen LogP contribution in [0.4, 0.5) is 10.2 Å². The SMILES string of the molecule is Fc1cncc(-c2cc3c(-c4nc5c(N6CCCCC6)nccc5[nH]4)n[nH]c3cn2)c1. The molecule has 0 spiro atoms. The van der Waals surface area contributed by atoms with Crippen LogP contribution in [0.15, 0.2) is 43.0 Å². The van der Waals surface area contributed by atoms with Crippen molar-refractivity contribution in [1.29, 1.82) is 0 Å². The molecule has 0 bridgehead atoms. The van der Waals surface area contributed by atoms with Crippen molar-refractivity contribution in [3.63, 3.8) is 0 Å². The Balaban J connectivity index is 1.46. The molecular weight excluding hydrogens is 395 g/mol. The minimum atomic E-state index is -0.401. The Morgan fingerprint density at radius 2 is 1.87 bits per heavy atom. The van der Waals surface area contributed by atoms with E-state index in [1.165, 1.54) is 31.5 Å². The smallest absolute Gasteiger partial charge is 0.159 e. The third kappa shape index (κ3) is 3.09. The molecule has 0 radical (unpaired) electrons. The van der Waals surface area contributed by atoms with Gasteiger partial charge in [0.05, 0.1) is 29.1 Å². The molecule has 0 saturated carbocycles. The second-order valence-corrected chi connectivity index (χ2v) is 7.74. The molecule has 6 rings (SSSR count). The lowest BCUT2D eigenvalue weighted by Crippen LogP contribution is -2.30. The molecule has 0 aromatic carbocycles. The van der Waals surface area contributed by atoms with E-state index in [4.69, 9.17) is 4.98 Å². The third-order valence-corrected chi connectivity index (χ3v) is 5.71. The van der Waals surface area contributed by atoms with Crippen molar-refractivity contribution in [3.05, 3.63) is 48.8 Å². The van der Waals surface area contributed by atoms with Gasteiger partial charge < -0.3 is 9.88 Å². The molecular formula is C22H19FN8. The Bertz CT molecular complexity index is 1400. The maximum absolute atomic E-state index is 13.6. The first-order valence-corrected chi connectivity index (χ1v) is 10.3. The van der Waals surface area contributed by atoms with Gasteiger partial charge in [-0.25, -0.2) is 14.4 Å². The van der Waals surface area contributed by atoms with Crippen LogP contribution in [0.1, 0.15) is 19.3 Å². The Kier molecular flexibility index (Phi) is 4.12. The minimum Gasteiger partial charge on any atom is -0.355 e. The summed E-state index contributed by atoms with van der Waals surface area (Å²) in [5, 5.41) is 8.33. The van der Waals surface area contributed by atoms with E-state index >= 15 is 0 Å². The molecule has 0 atom stereocenters. The number of piperidine rings is 1. The molecule has 1 saturated heterocycles. The Labute approximate surface area is 176 Å². The first-order valence-electron chi connectivity index (χ1n) is 10.3. The van der Waals surface area contributed by atoms with Crippen molar-refractivity contribution in [2.24, 2.45) is 0 Å². The van der Waals surface area contributed by atoms with E-state index < -0.39 is 5.82 Å². The fraction of sp³-hybridized carbons (Fsp3) is 0.227. The number of aromatic amines is 2. The number of nitrogens with one attached hydrogen (secondary N) is 2. The molecule has 5 aromatic rings. The Morgan fingerprint density at radius 3 is 2.74 bits per heavy atom. The van der Waals surface area contributed by atoms with E-state index in [0.717, 1.165) is 40.8 Å². The summed E-state index contributed by atoms with van der Waals surface area (Å²) in [5.74, 6) is 1.16. The number of hydrogen-bond acceptors (Lipinski definition) is 6. The summed E-state index contributed by atoms with van der Waals surface area (Å²) in [6, 6.07) is 5.22. The maximum Gasteiger partial charge on any atom is 0.159 e. The van der Waals surface area contributed by atoms with E-state index in [0.29, 0.717) is 22.8 Å². The van der Waals surface area contributed by atoms with Gasteiger partial charge in [0.15, 0.2) is 11.6 Å². The van der Waals surface area contributed by atoms with Gasteiger partial charge in [0.1, 0.15) is 17.0 Å². The van der Waals surface area contributed by atoms with Crippen LogP contribution in [0.2, 0.25) is 0 Å². The number of anilines is 1. The molecule has 1 aliphatic rings. The molecule has 1 fully saturated rings. The predicted molar refractivity (Wildman–Crippen MR) is 116 cm³/mol. The Hall–Kier alpha value is -3.88. The van der Waals surface area contributed by atoms with Crippen molar-refractivity contribution in [2.75, 3.05) is 18.0 Å². The van der Waals surface area contributed by atoms with Crippen LogP contribution >= 0.6 is 0 Å². The highest BCUT2D eigenvalue weighted by Gasteiger charge is 2.20. The van der Waals surface area contributed by atoms with Crippen molar-refractivity contribution in [2.45, 2.75) is 19.3 Å². The second kappa shape index (κ2) is 7.12. The molecule has 0 aliphatic carbocycles. The van der Waals surface area contributed by atoms with Crippen molar-refractivity contribution in [1.82, 2.24) is 35.1 Å². The zero-order chi connectivity index (χ0) is 20.8. The molecule has 0 amide bonds. The lowest BCUT2D eigenvalue weighted by molar-refractivity contribution is 0.574. The minimum absolute atomic E-state index is 0.401. The van der Waals surface area contributed by atoms with Gasteiger partial charge in [0, 0.05) is 36.4 Å². The standard InChI is InChI=1S/C22H19FN8/c23-14-8-13(10-24-11-14)17-9-15-18(12-26-17)29-30-19(15)21-27-16-4-5-25-22(20(16)28-21)31-6-2-1-3-7-31/h4-5,8-12H,1-3,6-7H2,(H,27,28)(H,29,30). The lowest BCUT2D eigenvalue weighted by Gasteiger charge is -2.27. The average Bonchev–Trinajstić information content (AvgIpc) is 3.43. The van der Waals surface area contributed by atoms with Crippen LogP contribution in [0, 0.1) is 5.82 Å². The van der Waals surface area contributed by atoms with Crippen LogP contribution in [0.25, 0.3) is 44.7 Å². The molecule has 5 aromatic heterocycles.